The average molecular weight is 402 g/mol. The molecule has 0 heterocycles. The van der Waals surface area contributed by atoms with E-state index in [4.69, 9.17) is 0 Å². The van der Waals surface area contributed by atoms with Crippen molar-refractivity contribution >= 4 is 31.6 Å². The van der Waals surface area contributed by atoms with Crippen LogP contribution in [0.4, 0.5) is 18.9 Å². The van der Waals surface area contributed by atoms with Crippen LogP contribution in [0, 0.1) is 5.41 Å². The molecule has 1 aromatic carbocycles. The van der Waals surface area contributed by atoms with Crippen molar-refractivity contribution in [3.63, 3.8) is 0 Å². The number of alkyl halides is 3. The van der Waals surface area contributed by atoms with Gasteiger partial charge in [-0.2, -0.15) is 13.2 Å². The molecule has 0 aliphatic carbocycles. The van der Waals surface area contributed by atoms with Crippen molar-refractivity contribution in [1.82, 2.24) is 4.13 Å². The molecule has 142 valence electrons. The number of nitrogens with one attached hydrogen (secondary N) is 2. The van der Waals surface area contributed by atoms with Gasteiger partial charge in [0.2, 0.25) is 5.91 Å². The topological polar surface area (TPSA) is 109 Å². The van der Waals surface area contributed by atoms with E-state index in [9.17, 15) is 34.8 Å². The summed E-state index contributed by atoms with van der Waals surface area (Å²) in [5.74, 6) is -0.330. The van der Waals surface area contributed by atoms with Crippen molar-refractivity contribution in [2.45, 2.75) is 37.6 Å². The van der Waals surface area contributed by atoms with Crippen LogP contribution in [0.1, 0.15) is 27.2 Å². The Balaban J connectivity index is 3.01. The number of sulfonamides is 2. The number of halogens is 3. The third-order valence-corrected chi connectivity index (χ3v) is 6.70. The Morgan fingerprint density at radius 3 is 1.92 bits per heavy atom. The summed E-state index contributed by atoms with van der Waals surface area (Å²) in [6.07, 6.45) is 0.546. The van der Waals surface area contributed by atoms with Crippen LogP contribution in [0.25, 0.3) is 0 Å². The number of carbonyl (C=O) groups excluding carboxylic acids is 1. The third kappa shape index (κ3) is 5.16. The van der Waals surface area contributed by atoms with Crippen LogP contribution >= 0.6 is 0 Å². The van der Waals surface area contributed by atoms with Gasteiger partial charge in [-0.1, -0.05) is 24.9 Å². The highest BCUT2D eigenvalue weighted by Gasteiger charge is 2.48. The first-order valence-corrected chi connectivity index (χ1v) is 9.85. The number of hydrogen-bond acceptors (Lipinski definition) is 5. The maximum Gasteiger partial charge on any atom is 0.512 e. The zero-order chi connectivity index (χ0) is 19.7. The Kier molecular flexibility index (Phi) is 5.92. The molecule has 0 fully saturated rings. The predicted molar refractivity (Wildman–Crippen MR) is 84.4 cm³/mol. The number of hydrogen-bond donors (Lipinski definition) is 2. The molecule has 0 aliphatic rings. The summed E-state index contributed by atoms with van der Waals surface area (Å²) < 4.78 is 82.8. The van der Waals surface area contributed by atoms with Crippen molar-refractivity contribution < 1.29 is 34.8 Å². The fourth-order valence-electron chi connectivity index (χ4n) is 1.42. The van der Waals surface area contributed by atoms with Gasteiger partial charge in [0, 0.05) is 11.1 Å². The second-order valence-electron chi connectivity index (χ2n) is 5.75. The van der Waals surface area contributed by atoms with E-state index in [0.717, 1.165) is 24.3 Å². The fourth-order valence-corrected chi connectivity index (χ4v) is 3.83. The molecule has 0 saturated heterocycles. The van der Waals surface area contributed by atoms with Crippen molar-refractivity contribution in [3.8, 4) is 0 Å². The average Bonchev–Trinajstić information content (AvgIpc) is 2.45. The molecule has 1 aromatic rings. The smallest absolute Gasteiger partial charge is 0.326 e. The van der Waals surface area contributed by atoms with E-state index in [1.807, 2.05) is 6.92 Å². The first-order valence-electron chi connectivity index (χ1n) is 6.89. The second-order valence-corrected chi connectivity index (χ2v) is 9.37. The summed E-state index contributed by atoms with van der Waals surface area (Å²) in [6.45, 7) is 5.21. The highest BCUT2D eigenvalue weighted by molar-refractivity contribution is 8.05. The van der Waals surface area contributed by atoms with Gasteiger partial charge < -0.3 is 5.32 Å². The van der Waals surface area contributed by atoms with Crippen LogP contribution in [0.2, 0.25) is 0 Å². The van der Waals surface area contributed by atoms with E-state index in [1.54, 1.807) is 13.8 Å². The Hall–Kier alpha value is -1.66. The highest BCUT2D eigenvalue weighted by Crippen LogP contribution is 2.25. The van der Waals surface area contributed by atoms with Crippen molar-refractivity contribution in [2.24, 2.45) is 5.41 Å². The van der Waals surface area contributed by atoms with E-state index >= 15 is 0 Å². The van der Waals surface area contributed by atoms with Gasteiger partial charge in [-0.15, -0.1) is 0 Å². The number of benzene rings is 1. The fraction of sp³-hybridized carbons (Fsp3) is 0.462. The maximum atomic E-state index is 12.3. The summed E-state index contributed by atoms with van der Waals surface area (Å²) >= 11 is 0. The lowest BCUT2D eigenvalue weighted by atomic mass is 9.89. The first-order chi connectivity index (χ1) is 11.1. The minimum Gasteiger partial charge on any atom is -0.326 e. The minimum atomic E-state index is -6.06. The highest BCUT2D eigenvalue weighted by atomic mass is 32.3. The molecule has 1 amide bonds. The molecule has 0 radical (unpaired) electrons. The second kappa shape index (κ2) is 6.92. The lowest BCUT2D eigenvalue weighted by Gasteiger charge is -2.21. The Morgan fingerprint density at radius 1 is 1.04 bits per heavy atom. The molecule has 0 aromatic heterocycles. The SMILES string of the molecule is CCC(C)(C)C(=O)Nc1ccc(S(=O)(=O)NS(=O)(=O)C(F)(F)F)cc1. The molecule has 7 nitrogen and oxygen atoms in total. The normalized spacial score (nSPS) is 13.5. The number of amides is 1. The standard InChI is InChI=1S/C13H17F3N2O5S2/c1-4-12(2,3)11(19)17-9-5-7-10(8-6-9)24(20,21)18-25(22,23)13(14,15)16/h5-8,18H,4H2,1-3H3,(H,17,19). The molecular weight excluding hydrogens is 385 g/mol. The van der Waals surface area contributed by atoms with Gasteiger partial charge in [-0.05, 0) is 30.7 Å². The summed E-state index contributed by atoms with van der Waals surface area (Å²) in [7, 11) is -11.0. The zero-order valence-corrected chi connectivity index (χ0v) is 15.1. The molecule has 12 heteroatoms. The predicted octanol–water partition coefficient (Wildman–Crippen LogP) is 2.19. The van der Waals surface area contributed by atoms with Crippen LogP contribution in [0.3, 0.4) is 0 Å². The Labute approximate surface area is 143 Å². The zero-order valence-electron chi connectivity index (χ0n) is 13.5. The van der Waals surface area contributed by atoms with Crippen molar-refractivity contribution in [3.05, 3.63) is 24.3 Å². The molecule has 2 N–H and O–H groups in total. The largest absolute Gasteiger partial charge is 0.512 e. The van der Waals surface area contributed by atoms with Crippen LogP contribution in [0.15, 0.2) is 29.2 Å². The number of anilines is 1. The van der Waals surface area contributed by atoms with E-state index in [-0.39, 0.29) is 11.6 Å². The van der Waals surface area contributed by atoms with Gasteiger partial charge >= 0.3 is 15.5 Å². The lowest BCUT2D eigenvalue weighted by molar-refractivity contribution is -0.124. The van der Waals surface area contributed by atoms with E-state index in [1.165, 1.54) is 0 Å². The van der Waals surface area contributed by atoms with Gasteiger partial charge in [0.1, 0.15) is 0 Å². The number of carbonyl (C=O) groups is 1. The summed E-state index contributed by atoms with van der Waals surface area (Å²) in [5.41, 5.74) is -6.23. The molecule has 0 spiro atoms. The molecule has 0 aliphatic heterocycles. The molecule has 1 rings (SSSR count). The quantitative estimate of drug-likeness (QED) is 0.758. The number of rotatable bonds is 6. The minimum absolute atomic E-state index is 0.212. The summed E-state index contributed by atoms with van der Waals surface area (Å²) in [6, 6.07) is 4.03. The van der Waals surface area contributed by atoms with Gasteiger partial charge in [0.25, 0.3) is 10.0 Å². The summed E-state index contributed by atoms with van der Waals surface area (Å²) in [5, 5.41) is 2.53. The van der Waals surface area contributed by atoms with Crippen LogP contribution < -0.4 is 9.44 Å². The monoisotopic (exact) mass is 402 g/mol. The molecule has 0 bridgehead atoms. The van der Waals surface area contributed by atoms with Crippen LogP contribution in [0.5, 0.6) is 0 Å². The molecular formula is C13H17F3N2O5S2. The van der Waals surface area contributed by atoms with Crippen molar-refractivity contribution in [2.75, 3.05) is 5.32 Å². The van der Waals surface area contributed by atoms with Gasteiger partial charge in [-0.3, -0.25) is 4.79 Å². The van der Waals surface area contributed by atoms with E-state index < -0.39 is 35.9 Å². The molecule has 0 saturated carbocycles. The van der Waals surface area contributed by atoms with Gasteiger partial charge in [-0.25, -0.2) is 16.8 Å². The third-order valence-electron chi connectivity index (χ3n) is 3.45. The summed E-state index contributed by atoms with van der Waals surface area (Å²) in [4.78, 5) is 11.3. The Morgan fingerprint density at radius 2 is 1.52 bits per heavy atom. The van der Waals surface area contributed by atoms with Crippen LogP contribution in [-0.4, -0.2) is 28.3 Å². The van der Waals surface area contributed by atoms with Gasteiger partial charge in [0.05, 0.1) is 4.90 Å². The van der Waals surface area contributed by atoms with E-state index in [2.05, 4.69) is 5.32 Å². The molecule has 0 unspecified atom stereocenters. The molecule has 0 atom stereocenters. The molecule has 25 heavy (non-hydrogen) atoms. The van der Waals surface area contributed by atoms with E-state index in [0.29, 0.717) is 10.5 Å². The maximum absolute atomic E-state index is 12.3. The van der Waals surface area contributed by atoms with Crippen molar-refractivity contribution in [1.29, 1.82) is 0 Å². The Bertz CT molecular complexity index is 845. The van der Waals surface area contributed by atoms with Crippen LogP contribution in [-0.2, 0) is 24.8 Å². The first kappa shape index (κ1) is 21.4. The van der Waals surface area contributed by atoms with Gasteiger partial charge in [0.15, 0.2) is 0 Å². The lowest BCUT2D eigenvalue weighted by Crippen LogP contribution is -2.40.